The van der Waals surface area contributed by atoms with Gasteiger partial charge < -0.3 is 45.1 Å². The second kappa shape index (κ2) is 59.6. The molecule has 0 radical (unpaired) electrons. The molecule has 8 atom stereocenters. The van der Waals surface area contributed by atoms with E-state index >= 15 is 0 Å². The normalized spacial score (nSPS) is 19.5. The average molecular weight is 1180 g/mol. The number of carbonyl (C=O) groups excluding carboxylic acids is 2. The van der Waals surface area contributed by atoms with Crippen LogP contribution >= 0.6 is 0 Å². The Kier molecular flexibility index (Phi) is 54.9. The fourth-order valence-electron chi connectivity index (χ4n) is 9.24. The molecule has 0 spiro atoms. The van der Waals surface area contributed by atoms with Crippen LogP contribution < -0.4 is 5.32 Å². The number of amides is 1. The van der Waals surface area contributed by atoms with Gasteiger partial charge in [-0.05, 0) is 128 Å². The van der Waals surface area contributed by atoms with Crippen molar-refractivity contribution in [3.8, 4) is 0 Å². The van der Waals surface area contributed by atoms with E-state index in [0.717, 1.165) is 148 Å². The summed E-state index contributed by atoms with van der Waals surface area (Å²) in [6, 6.07) is -1.06. The van der Waals surface area contributed by atoms with Gasteiger partial charge in [-0.2, -0.15) is 0 Å². The Bertz CT molecular complexity index is 1990. The minimum atomic E-state index is -1.64. The summed E-state index contributed by atoms with van der Waals surface area (Å²) in [7, 11) is 0. The Hall–Kier alpha value is -4.72. The highest BCUT2D eigenvalue weighted by Gasteiger charge is 2.47. The minimum Gasteiger partial charge on any atom is -0.454 e. The number of hydrogen-bond acceptors (Lipinski definition) is 10. The quantitative estimate of drug-likeness (QED) is 0.0195. The van der Waals surface area contributed by atoms with E-state index in [1.165, 1.54) is 38.5 Å². The number of carbonyl (C=O) groups is 2. The zero-order valence-electron chi connectivity index (χ0n) is 53.2. The van der Waals surface area contributed by atoms with Crippen LogP contribution in [0.15, 0.2) is 158 Å². The predicted octanol–water partition coefficient (Wildman–Crippen LogP) is 16.7. The number of aliphatic hydroxyl groups is 5. The van der Waals surface area contributed by atoms with Crippen molar-refractivity contribution in [3.05, 3.63) is 158 Å². The highest BCUT2D eigenvalue weighted by Crippen LogP contribution is 2.26. The van der Waals surface area contributed by atoms with Gasteiger partial charge in [-0.25, -0.2) is 0 Å². The molecule has 1 saturated heterocycles. The third-order valence-corrected chi connectivity index (χ3v) is 14.4. The van der Waals surface area contributed by atoms with Crippen molar-refractivity contribution in [2.24, 2.45) is 0 Å². The van der Waals surface area contributed by atoms with Gasteiger partial charge in [0.1, 0.15) is 24.4 Å². The van der Waals surface area contributed by atoms with E-state index in [1.807, 2.05) is 6.08 Å². The van der Waals surface area contributed by atoms with Crippen LogP contribution in [0, 0.1) is 0 Å². The van der Waals surface area contributed by atoms with Crippen LogP contribution in [-0.2, 0) is 23.8 Å². The van der Waals surface area contributed by atoms with E-state index < -0.39 is 67.4 Å². The number of allylic oxidation sites excluding steroid dienone is 25. The van der Waals surface area contributed by atoms with Crippen LogP contribution in [0.1, 0.15) is 233 Å². The fourth-order valence-corrected chi connectivity index (χ4v) is 9.24. The number of esters is 1. The molecular formula is C74H119NO10. The van der Waals surface area contributed by atoms with E-state index in [4.69, 9.17) is 14.2 Å². The third kappa shape index (κ3) is 47.1. The van der Waals surface area contributed by atoms with Crippen molar-refractivity contribution in [1.29, 1.82) is 0 Å². The monoisotopic (exact) mass is 1180 g/mol. The molecule has 0 aromatic rings. The summed E-state index contributed by atoms with van der Waals surface area (Å²) in [6.07, 6.45) is 77.0. The van der Waals surface area contributed by atoms with Gasteiger partial charge in [0.05, 0.1) is 25.4 Å². The third-order valence-electron chi connectivity index (χ3n) is 14.4. The number of nitrogens with one attached hydrogen (secondary N) is 1. The average Bonchev–Trinajstić information content (AvgIpc) is 2.90. The van der Waals surface area contributed by atoms with Gasteiger partial charge in [-0.1, -0.05) is 256 Å². The molecule has 6 N–H and O–H groups in total. The second-order valence-electron chi connectivity index (χ2n) is 22.1. The maximum Gasteiger partial charge on any atom is 0.306 e. The van der Waals surface area contributed by atoms with Crippen LogP contribution in [0.5, 0.6) is 0 Å². The van der Waals surface area contributed by atoms with E-state index in [2.05, 4.69) is 172 Å². The minimum absolute atomic E-state index is 0.0803. The Morgan fingerprint density at radius 2 is 0.847 bits per heavy atom. The first-order valence-electron chi connectivity index (χ1n) is 33.3. The molecule has 0 bridgehead atoms. The van der Waals surface area contributed by atoms with Crippen molar-refractivity contribution in [1.82, 2.24) is 5.32 Å². The Morgan fingerprint density at radius 1 is 0.471 bits per heavy atom. The lowest BCUT2D eigenvalue weighted by molar-refractivity contribution is -0.305. The van der Waals surface area contributed by atoms with Crippen molar-refractivity contribution in [2.75, 3.05) is 13.2 Å². The SMILES string of the molecule is CC/C=C\C/C=C\C/C=C\C/C=C\C/C=C\C/C=C\CCCCCCC(=O)OC1C(OCC(NC(=O)C(O)CCCCC/C=C\C/C=C\C/C=C\C/C=C\C/C=C\C/C=C\CC)C(O)/C=C/CCCCCCCCCCC)OC(CO)C(O)C1O. The molecule has 0 saturated carbocycles. The van der Waals surface area contributed by atoms with E-state index in [1.54, 1.807) is 6.08 Å². The van der Waals surface area contributed by atoms with Crippen LogP contribution in [-0.4, -0.2) is 99.6 Å². The molecule has 8 unspecified atom stereocenters. The van der Waals surface area contributed by atoms with Crippen molar-refractivity contribution in [2.45, 2.75) is 282 Å². The lowest BCUT2D eigenvalue weighted by Crippen LogP contribution is -2.61. The zero-order valence-corrected chi connectivity index (χ0v) is 53.2. The maximum absolute atomic E-state index is 13.4. The first-order chi connectivity index (χ1) is 41.7. The molecule has 480 valence electrons. The molecule has 1 aliphatic rings. The molecule has 85 heavy (non-hydrogen) atoms. The molecular weight excluding hydrogens is 1060 g/mol. The highest BCUT2D eigenvalue weighted by atomic mass is 16.7. The molecule has 11 heteroatoms. The summed E-state index contributed by atoms with van der Waals surface area (Å²) in [5.74, 6) is -1.26. The topological polar surface area (TPSA) is 175 Å². The Labute approximate surface area is 517 Å². The van der Waals surface area contributed by atoms with Gasteiger partial charge in [0.2, 0.25) is 5.91 Å². The van der Waals surface area contributed by atoms with Gasteiger partial charge in [0.25, 0.3) is 0 Å². The molecule has 0 aromatic heterocycles. The number of unbranched alkanes of at least 4 members (excludes halogenated alkanes) is 16. The summed E-state index contributed by atoms with van der Waals surface area (Å²) in [5.41, 5.74) is 0. The van der Waals surface area contributed by atoms with Crippen molar-refractivity contribution < 1.29 is 49.3 Å². The molecule has 1 heterocycles. The van der Waals surface area contributed by atoms with Gasteiger partial charge >= 0.3 is 5.97 Å². The Morgan fingerprint density at radius 3 is 1.27 bits per heavy atom. The predicted molar refractivity (Wildman–Crippen MR) is 356 cm³/mol. The van der Waals surface area contributed by atoms with Crippen LogP contribution in [0.4, 0.5) is 0 Å². The molecule has 1 fully saturated rings. The summed E-state index contributed by atoms with van der Waals surface area (Å²) < 4.78 is 17.6. The molecule has 0 aromatic carbocycles. The van der Waals surface area contributed by atoms with Gasteiger partial charge in [-0.15, -0.1) is 0 Å². The lowest BCUT2D eigenvalue weighted by Gasteiger charge is -2.41. The first-order valence-corrected chi connectivity index (χ1v) is 33.3. The first kappa shape index (κ1) is 78.3. The van der Waals surface area contributed by atoms with Crippen LogP contribution in [0.25, 0.3) is 0 Å². The maximum atomic E-state index is 13.4. The van der Waals surface area contributed by atoms with Gasteiger partial charge in [0.15, 0.2) is 12.4 Å². The summed E-state index contributed by atoms with van der Waals surface area (Å²) in [4.78, 5) is 26.6. The lowest BCUT2D eigenvalue weighted by atomic mass is 9.99. The van der Waals surface area contributed by atoms with E-state index in [-0.39, 0.29) is 19.4 Å². The molecule has 1 rings (SSSR count). The standard InChI is InChI=1S/C74H119NO10/c1-4-7-10-13-16-19-22-24-26-28-30-32-34-36-38-40-42-44-47-50-53-56-59-62-69(79)85-72-71(81)70(80)68(63-76)84-74(72)83-64-65(66(77)60-57-54-51-48-45-21-18-15-12-9-6-3)75-73(82)67(78)61-58-55-52-49-46-43-41-39-37-35-33-31-29-27-25-23-20-17-14-11-8-5-2/h7-8,10-11,16-17,19-20,24-27,30-33,36-39,42-44,46,57,60,65-68,70-72,74,76-78,80-81H,4-6,9,12-15,18,21-23,28-29,34-35,40-41,45,47-56,58-59,61-64H2,1-3H3,(H,75,82)/b10-7-,11-8-,19-16-,20-17-,26-24-,27-25-,32-30-,33-31-,38-36-,39-37-,44-42-,46-43-,60-57+. The largest absolute Gasteiger partial charge is 0.454 e. The molecule has 1 aliphatic heterocycles. The van der Waals surface area contributed by atoms with Crippen LogP contribution in [0.2, 0.25) is 0 Å². The smallest absolute Gasteiger partial charge is 0.306 e. The molecule has 11 nitrogen and oxygen atoms in total. The Balaban J connectivity index is 2.67. The van der Waals surface area contributed by atoms with Gasteiger partial charge in [0, 0.05) is 6.42 Å². The number of ether oxygens (including phenoxy) is 3. The summed E-state index contributed by atoms with van der Waals surface area (Å²) in [6.45, 7) is 5.51. The summed E-state index contributed by atoms with van der Waals surface area (Å²) >= 11 is 0. The number of aliphatic hydroxyl groups excluding tert-OH is 5. The zero-order chi connectivity index (χ0) is 61.7. The molecule has 1 amide bonds. The summed E-state index contributed by atoms with van der Waals surface area (Å²) in [5, 5.41) is 57.1. The van der Waals surface area contributed by atoms with Gasteiger partial charge in [-0.3, -0.25) is 9.59 Å². The molecule has 0 aliphatic carbocycles. The second-order valence-corrected chi connectivity index (χ2v) is 22.1. The number of rotatable bonds is 54. The van der Waals surface area contributed by atoms with Crippen LogP contribution in [0.3, 0.4) is 0 Å². The van der Waals surface area contributed by atoms with E-state index in [0.29, 0.717) is 12.8 Å². The van der Waals surface area contributed by atoms with Crippen molar-refractivity contribution in [3.63, 3.8) is 0 Å². The highest BCUT2D eigenvalue weighted by molar-refractivity contribution is 5.80. The number of hydrogen-bond donors (Lipinski definition) is 6. The van der Waals surface area contributed by atoms with E-state index in [9.17, 15) is 35.1 Å². The fraction of sp³-hybridized carbons (Fsp3) is 0.622. The van der Waals surface area contributed by atoms with Crippen molar-refractivity contribution >= 4 is 11.9 Å².